The number of anilines is 1. The number of para-hydroxylation sites is 1. The average molecular weight is 386 g/mol. The van der Waals surface area contributed by atoms with Crippen LogP contribution in [0.5, 0.6) is 5.75 Å². The van der Waals surface area contributed by atoms with E-state index in [1.165, 1.54) is 6.92 Å². The molecule has 0 unspecified atom stereocenters. The molecule has 0 aliphatic heterocycles. The van der Waals surface area contributed by atoms with Gasteiger partial charge in [0.15, 0.2) is 5.58 Å². The SMILES string of the molecule is CC(=O)Oc1ccc(C(=O)Nc2ccccc2-c2nc3cc(C)ccc3o2)cc1. The van der Waals surface area contributed by atoms with E-state index in [1.807, 2.05) is 43.3 Å². The molecule has 0 saturated carbocycles. The number of fused-ring (bicyclic) bond motifs is 1. The van der Waals surface area contributed by atoms with Crippen molar-refractivity contribution in [3.63, 3.8) is 0 Å². The zero-order chi connectivity index (χ0) is 20.4. The largest absolute Gasteiger partial charge is 0.436 e. The summed E-state index contributed by atoms with van der Waals surface area (Å²) in [6.45, 7) is 3.32. The summed E-state index contributed by atoms with van der Waals surface area (Å²) < 4.78 is 10.9. The third-order valence-electron chi connectivity index (χ3n) is 4.33. The number of carbonyl (C=O) groups is 2. The standard InChI is InChI=1S/C23H18N2O4/c1-14-7-12-21-20(13-14)25-23(29-21)18-5-3-4-6-19(18)24-22(27)16-8-10-17(11-9-16)28-15(2)26/h3-13H,1-2H3,(H,24,27). The molecule has 29 heavy (non-hydrogen) atoms. The van der Waals surface area contributed by atoms with Gasteiger partial charge in [-0.1, -0.05) is 18.2 Å². The number of carbonyl (C=O) groups excluding carboxylic acids is 2. The third-order valence-corrected chi connectivity index (χ3v) is 4.33. The lowest BCUT2D eigenvalue weighted by molar-refractivity contribution is -0.131. The molecule has 0 fully saturated rings. The van der Waals surface area contributed by atoms with E-state index < -0.39 is 5.97 Å². The lowest BCUT2D eigenvalue weighted by atomic mass is 10.1. The Labute approximate surface area is 167 Å². The summed E-state index contributed by atoms with van der Waals surface area (Å²) in [4.78, 5) is 28.2. The number of hydrogen-bond donors (Lipinski definition) is 1. The van der Waals surface area contributed by atoms with Gasteiger partial charge in [-0.25, -0.2) is 4.98 Å². The molecule has 3 aromatic carbocycles. The Morgan fingerprint density at radius 1 is 1.00 bits per heavy atom. The Morgan fingerprint density at radius 3 is 2.52 bits per heavy atom. The van der Waals surface area contributed by atoms with Crippen LogP contribution in [0.25, 0.3) is 22.6 Å². The van der Waals surface area contributed by atoms with Crippen LogP contribution in [0.15, 0.2) is 71.1 Å². The summed E-state index contributed by atoms with van der Waals surface area (Å²) in [5.74, 6) is 0.117. The molecule has 6 nitrogen and oxygen atoms in total. The van der Waals surface area contributed by atoms with Crippen molar-refractivity contribution in [1.29, 1.82) is 0 Å². The normalized spacial score (nSPS) is 10.7. The molecule has 0 spiro atoms. The topological polar surface area (TPSA) is 81.4 Å². The minimum absolute atomic E-state index is 0.293. The van der Waals surface area contributed by atoms with Crippen molar-refractivity contribution in [1.82, 2.24) is 4.98 Å². The van der Waals surface area contributed by atoms with Crippen molar-refractivity contribution in [3.8, 4) is 17.2 Å². The van der Waals surface area contributed by atoms with Crippen molar-refractivity contribution in [2.75, 3.05) is 5.32 Å². The van der Waals surface area contributed by atoms with Gasteiger partial charge in [-0.15, -0.1) is 0 Å². The van der Waals surface area contributed by atoms with Crippen molar-refractivity contribution in [2.45, 2.75) is 13.8 Å². The first-order chi connectivity index (χ1) is 14.0. The summed E-state index contributed by atoms with van der Waals surface area (Å²) in [6.07, 6.45) is 0. The molecule has 6 heteroatoms. The van der Waals surface area contributed by atoms with Gasteiger partial charge in [0.25, 0.3) is 5.91 Å². The summed E-state index contributed by atoms with van der Waals surface area (Å²) in [5.41, 5.74) is 4.26. The first kappa shape index (κ1) is 18.4. The van der Waals surface area contributed by atoms with Crippen molar-refractivity contribution in [2.24, 2.45) is 0 Å². The van der Waals surface area contributed by atoms with Crippen molar-refractivity contribution in [3.05, 3.63) is 77.9 Å². The molecular weight excluding hydrogens is 368 g/mol. The fourth-order valence-electron chi connectivity index (χ4n) is 2.97. The van der Waals surface area contributed by atoms with Crippen LogP contribution >= 0.6 is 0 Å². The summed E-state index contributed by atoms with van der Waals surface area (Å²) >= 11 is 0. The highest BCUT2D eigenvalue weighted by molar-refractivity contribution is 6.06. The molecule has 1 heterocycles. The molecule has 144 valence electrons. The Hall–Kier alpha value is -3.93. The maximum atomic E-state index is 12.7. The first-order valence-corrected chi connectivity index (χ1v) is 9.06. The lowest BCUT2D eigenvalue weighted by Gasteiger charge is -2.09. The van der Waals surface area contributed by atoms with Gasteiger partial charge in [-0.05, 0) is 61.0 Å². The number of aromatic nitrogens is 1. The number of rotatable bonds is 4. The highest BCUT2D eigenvalue weighted by Gasteiger charge is 2.15. The van der Waals surface area contributed by atoms with E-state index in [-0.39, 0.29) is 5.91 Å². The number of oxazole rings is 1. The van der Waals surface area contributed by atoms with Crippen LogP contribution in [0, 0.1) is 6.92 Å². The Balaban J connectivity index is 1.61. The smallest absolute Gasteiger partial charge is 0.308 e. The third kappa shape index (κ3) is 4.01. The molecule has 1 N–H and O–H groups in total. The molecule has 1 aromatic heterocycles. The number of nitrogens with zero attached hydrogens (tertiary/aromatic N) is 1. The Bertz CT molecular complexity index is 1210. The van der Waals surface area contributed by atoms with Crippen LogP contribution in [-0.2, 0) is 4.79 Å². The maximum Gasteiger partial charge on any atom is 0.308 e. The molecule has 0 atom stereocenters. The van der Waals surface area contributed by atoms with E-state index in [1.54, 1.807) is 30.3 Å². The maximum absolute atomic E-state index is 12.7. The van der Waals surface area contributed by atoms with E-state index in [9.17, 15) is 9.59 Å². The Kier molecular flexibility index (Phi) is 4.83. The number of amides is 1. The first-order valence-electron chi connectivity index (χ1n) is 9.06. The lowest BCUT2D eigenvalue weighted by Crippen LogP contribution is -2.12. The van der Waals surface area contributed by atoms with Crippen molar-refractivity contribution < 1.29 is 18.7 Å². The zero-order valence-corrected chi connectivity index (χ0v) is 15.9. The van der Waals surface area contributed by atoms with E-state index in [2.05, 4.69) is 10.3 Å². The number of aryl methyl sites for hydroxylation is 1. The molecule has 4 aromatic rings. The second-order valence-electron chi connectivity index (χ2n) is 6.61. The van der Waals surface area contributed by atoms with E-state index >= 15 is 0 Å². The quantitative estimate of drug-likeness (QED) is 0.395. The number of benzene rings is 3. The number of esters is 1. The molecule has 0 aliphatic rings. The Morgan fingerprint density at radius 2 is 1.76 bits per heavy atom. The van der Waals surface area contributed by atoms with E-state index in [4.69, 9.17) is 9.15 Å². The molecule has 0 saturated heterocycles. The zero-order valence-electron chi connectivity index (χ0n) is 15.9. The number of hydrogen-bond acceptors (Lipinski definition) is 5. The molecule has 0 radical (unpaired) electrons. The van der Waals surface area contributed by atoms with Gasteiger partial charge in [-0.3, -0.25) is 9.59 Å². The average Bonchev–Trinajstić information content (AvgIpc) is 3.11. The van der Waals surface area contributed by atoms with Gasteiger partial charge in [-0.2, -0.15) is 0 Å². The van der Waals surface area contributed by atoms with Gasteiger partial charge in [0, 0.05) is 12.5 Å². The summed E-state index contributed by atoms with van der Waals surface area (Å²) in [7, 11) is 0. The van der Waals surface area contributed by atoms with E-state index in [0.29, 0.717) is 34.0 Å². The summed E-state index contributed by atoms with van der Waals surface area (Å²) in [6, 6.07) is 19.5. The van der Waals surface area contributed by atoms with Crippen molar-refractivity contribution >= 4 is 28.7 Å². The number of nitrogens with one attached hydrogen (secondary N) is 1. The number of ether oxygens (including phenoxy) is 1. The van der Waals surface area contributed by atoms with Crippen LogP contribution in [0.2, 0.25) is 0 Å². The second-order valence-corrected chi connectivity index (χ2v) is 6.61. The van der Waals surface area contributed by atoms with Gasteiger partial charge < -0.3 is 14.5 Å². The minimum Gasteiger partial charge on any atom is -0.436 e. The summed E-state index contributed by atoms with van der Waals surface area (Å²) in [5, 5.41) is 2.89. The minimum atomic E-state index is -0.412. The predicted molar refractivity (Wildman–Crippen MR) is 110 cm³/mol. The molecular formula is C23H18N2O4. The van der Waals surface area contributed by atoms with Crippen LogP contribution in [0.1, 0.15) is 22.8 Å². The van der Waals surface area contributed by atoms with Gasteiger partial charge in [0.2, 0.25) is 5.89 Å². The fraction of sp³-hybridized carbons (Fsp3) is 0.0870. The van der Waals surface area contributed by atoms with Gasteiger partial charge in [0.05, 0.1) is 11.3 Å². The molecule has 0 bridgehead atoms. The molecule has 4 rings (SSSR count). The van der Waals surface area contributed by atoms with Gasteiger partial charge in [0.1, 0.15) is 11.3 Å². The van der Waals surface area contributed by atoms with Gasteiger partial charge >= 0.3 is 5.97 Å². The fourth-order valence-corrected chi connectivity index (χ4v) is 2.97. The second kappa shape index (κ2) is 7.59. The monoisotopic (exact) mass is 386 g/mol. The van der Waals surface area contributed by atoms with Crippen LogP contribution in [0.3, 0.4) is 0 Å². The van der Waals surface area contributed by atoms with Crippen LogP contribution < -0.4 is 10.1 Å². The van der Waals surface area contributed by atoms with Crippen LogP contribution in [0.4, 0.5) is 5.69 Å². The predicted octanol–water partition coefficient (Wildman–Crippen LogP) is 4.98. The molecule has 1 amide bonds. The van der Waals surface area contributed by atoms with E-state index in [0.717, 1.165) is 11.1 Å². The highest BCUT2D eigenvalue weighted by Crippen LogP contribution is 2.30. The van der Waals surface area contributed by atoms with Crippen LogP contribution in [-0.4, -0.2) is 16.9 Å². The highest BCUT2D eigenvalue weighted by atomic mass is 16.5. The molecule has 0 aliphatic carbocycles.